The van der Waals surface area contributed by atoms with Crippen molar-refractivity contribution in [3.63, 3.8) is 0 Å². The van der Waals surface area contributed by atoms with E-state index in [0.717, 1.165) is 0 Å². The molecule has 0 saturated heterocycles. The second-order valence-corrected chi connectivity index (χ2v) is 2.84. The van der Waals surface area contributed by atoms with Crippen molar-refractivity contribution in [2.24, 2.45) is 0 Å². The van der Waals surface area contributed by atoms with E-state index in [1.54, 1.807) is 0 Å². The standard InChI is InChI=1S/C11H10N2O2/c1-2-3-15-11(14)9-4-8(7-12)5-10(13)6-9/h2,4-6H,1,3,13H2. The van der Waals surface area contributed by atoms with E-state index in [4.69, 9.17) is 15.7 Å². The fourth-order valence-electron chi connectivity index (χ4n) is 1.05. The average Bonchev–Trinajstić information content (AvgIpc) is 2.24. The van der Waals surface area contributed by atoms with Gasteiger partial charge in [0.15, 0.2) is 0 Å². The molecule has 0 atom stereocenters. The number of nitrogens with zero attached hydrogens (tertiary/aromatic N) is 1. The molecule has 0 bridgehead atoms. The molecule has 0 heterocycles. The van der Waals surface area contributed by atoms with Crippen LogP contribution in [0, 0.1) is 11.3 Å². The van der Waals surface area contributed by atoms with Gasteiger partial charge in [-0.1, -0.05) is 12.7 Å². The third-order valence-corrected chi connectivity index (χ3v) is 1.65. The molecule has 0 spiro atoms. The molecular weight excluding hydrogens is 192 g/mol. The van der Waals surface area contributed by atoms with Gasteiger partial charge in [-0.05, 0) is 18.2 Å². The van der Waals surface area contributed by atoms with Crippen LogP contribution in [0.5, 0.6) is 0 Å². The number of nitrogens with two attached hydrogens (primary N) is 1. The van der Waals surface area contributed by atoms with Gasteiger partial charge >= 0.3 is 5.97 Å². The minimum Gasteiger partial charge on any atom is -0.458 e. The zero-order valence-electron chi connectivity index (χ0n) is 8.06. The van der Waals surface area contributed by atoms with Crippen molar-refractivity contribution < 1.29 is 9.53 Å². The summed E-state index contributed by atoms with van der Waals surface area (Å²) in [5, 5.41) is 8.67. The number of carbonyl (C=O) groups is 1. The van der Waals surface area contributed by atoms with E-state index in [9.17, 15) is 4.79 Å². The van der Waals surface area contributed by atoms with Gasteiger partial charge in [-0.15, -0.1) is 0 Å². The molecule has 1 aromatic rings. The lowest BCUT2D eigenvalue weighted by molar-refractivity contribution is 0.0550. The Balaban J connectivity index is 2.94. The molecule has 0 saturated carbocycles. The van der Waals surface area contributed by atoms with Crippen molar-refractivity contribution in [2.45, 2.75) is 0 Å². The fraction of sp³-hybridized carbons (Fsp3) is 0.0909. The second-order valence-electron chi connectivity index (χ2n) is 2.84. The maximum absolute atomic E-state index is 11.4. The first-order valence-electron chi connectivity index (χ1n) is 4.26. The Morgan fingerprint density at radius 3 is 2.93 bits per heavy atom. The molecule has 0 aliphatic rings. The summed E-state index contributed by atoms with van der Waals surface area (Å²) in [5.74, 6) is -0.515. The summed E-state index contributed by atoms with van der Waals surface area (Å²) < 4.78 is 4.81. The number of hydrogen-bond acceptors (Lipinski definition) is 4. The van der Waals surface area contributed by atoms with Crippen molar-refractivity contribution in [2.75, 3.05) is 12.3 Å². The number of nitriles is 1. The van der Waals surface area contributed by atoms with Crippen molar-refractivity contribution in [3.05, 3.63) is 42.0 Å². The lowest BCUT2D eigenvalue weighted by Gasteiger charge is -2.03. The Morgan fingerprint density at radius 2 is 2.33 bits per heavy atom. The molecule has 0 radical (unpaired) electrons. The molecule has 1 aromatic carbocycles. The minimum absolute atomic E-state index is 0.134. The highest BCUT2D eigenvalue weighted by molar-refractivity contribution is 5.91. The lowest BCUT2D eigenvalue weighted by atomic mass is 10.1. The van der Waals surface area contributed by atoms with Crippen LogP contribution in [-0.2, 0) is 4.74 Å². The zero-order valence-corrected chi connectivity index (χ0v) is 8.06. The van der Waals surface area contributed by atoms with Gasteiger partial charge in [-0.25, -0.2) is 4.79 Å². The molecular formula is C11H10N2O2. The molecule has 0 aliphatic heterocycles. The predicted octanol–water partition coefficient (Wildman–Crippen LogP) is 1.48. The van der Waals surface area contributed by atoms with Crippen LogP contribution in [-0.4, -0.2) is 12.6 Å². The Hall–Kier alpha value is -2.28. The van der Waals surface area contributed by atoms with Gasteiger partial charge in [0, 0.05) is 5.69 Å². The molecule has 15 heavy (non-hydrogen) atoms. The van der Waals surface area contributed by atoms with E-state index in [1.165, 1.54) is 24.3 Å². The number of nitrogen functional groups attached to an aromatic ring is 1. The topological polar surface area (TPSA) is 76.1 Å². The fourth-order valence-corrected chi connectivity index (χ4v) is 1.05. The largest absolute Gasteiger partial charge is 0.458 e. The third-order valence-electron chi connectivity index (χ3n) is 1.65. The van der Waals surface area contributed by atoms with Gasteiger partial charge in [0.05, 0.1) is 17.2 Å². The number of esters is 1. The molecule has 2 N–H and O–H groups in total. The van der Waals surface area contributed by atoms with Crippen LogP contribution in [0.15, 0.2) is 30.9 Å². The average molecular weight is 202 g/mol. The first kappa shape index (κ1) is 10.8. The van der Waals surface area contributed by atoms with E-state index in [-0.39, 0.29) is 12.2 Å². The quantitative estimate of drug-likeness (QED) is 0.457. The van der Waals surface area contributed by atoms with Crippen LogP contribution in [0.25, 0.3) is 0 Å². The third kappa shape index (κ3) is 2.85. The molecule has 1 rings (SSSR count). The number of benzene rings is 1. The van der Waals surface area contributed by atoms with Gasteiger partial charge in [-0.2, -0.15) is 5.26 Å². The monoisotopic (exact) mass is 202 g/mol. The smallest absolute Gasteiger partial charge is 0.338 e. The molecule has 4 nitrogen and oxygen atoms in total. The van der Waals surface area contributed by atoms with Gasteiger partial charge in [0.2, 0.25) is 0 Å². The van der Waals surface area contributed by atoms with Crippen LogP contribution in [0.4, 0.5) is 5.69 Å². The van der Waals surface area contributed by atoms with Gasteiger partial charge < -0.3 is 10.5 Å². The second kappa shape index (κ2) is 4.82. The van der Waals surface area contributed by atoms with Crippen molar-refractivity contribution >= 4 is 11.7 Å². The highest BCUT2D eigenvalue weighted by atomic mass is 16.5. The predicted molar refractivity (Wildman–Crippen MR) is 56.0 cm³/mol. The molecule has 0 fully saturated rings. The van der Waals surface area contributed by atoms with E-state index < -0.39 is 5.97 Å². The van der Waals surface area contributed by atoms with Crippen LogP contribution >= 0.6 is 0 Å². The number of rotatable bonds is 3. The van der Waals surface area contributed by atoms with Gasteiger partial charge in [-0.3, -0.25) is 0 Å². The summed E-state index contributed by atoms with van der Waals surface area (Å²) >= 11 is 0. The molecule has 0 amide bonds. The van der Waals surface area contributed by atoms with E-state index in [0.29, 0.717) is 11.3 Å². The lowest BCUT2D eigenvalue weighted by Crippen LogP contribution is -2.06. The first-order valence-corrected chi connectivity index (χ1v) is 4.26. The normalized spacial score (nSPS) is 9.00. The van der Waals surface area contributed by atoms with Gasteiger partial charge in [0.1, 0.15) is 6.61 Å². The maximum Gasteiger partial charge on any atom is 0.338 e. The van der Waals surface area contributed by atoms with E-state index >= 15 is 0 Å². The Labute approximate surface area is 87.6 Å². The summed E-state index contributed by atoms with van der Waals surface area (Å²) in [6.07, 6.45) is 1.47. The van der Waals surface area contributed by atoms with Crippen molar-refractivity contribution in [1.82, 2.24) is 0 Å². The minimum atomic E-state index is -0.515. The highest BCUT2D eigenvalue weighted by Crippen LogP contribution is 2.12. The molecule has 4 heteroatoms. The Bertz CT molecular complexity index is 433. The summed E-state index contributed by atoms with van der Waals surface area (Å²) in [6.45, 7) is 3.56. The first-order chi connectivity index (χ1) is 7.17. The molecule has 76 valence electrons. The number of hydrogen-bond donors (Lipinski definition) is 1. The molecule has 0 aliphatic carbocycles. The van der Waals surface area contributed by atoms with Crippen LogP contribution in [0.3, 0.4) is 0 Å². The maximum atomic E-state index is 11.4. The zero-order chi connectivity index (χ0) is 11.3. The van der Waals surface area contributed by atoms with Crippen molar-refractivity contribution in [3.8, 4) is 6.07 Å². The summed E-state index contributed by atoms with van der Waals surface area (Å²) in [5.41, 5.74) is 6.49. The highest BCUT2D eigenvalue weighted by Gasteiger charge is 2.08. The summed E-state index contributed by atoms with van der Waals surface area (Å²) in [6, 6.07) is 6.30. The molecule has 0 aromatic heterocycles. The van der Waals surface area contributed by atoms with E-state index in [2.05, 4.69) is 6.58 Å². The van der Waals surface area contributed by atoms with Gasteiger partial charge in [0.25, 0.3) is 0 Å². The number of carbonyl (C=O) groups excluding carboxylic acids is 1. The van der Waals surface area contributed by atoms with Crippen LogP contribution in [0.2, 0.25) is 0 Å². The van der Waals surface area contributed by atoms with Crippen molar-refractivity contribution in [1.29, 1.82) is 5.26 Å². The number of ether oxygens (including phenoxy) is 1. The summed E-state index contributed by atoms with van der Waals surface area (Å²) in [4.78, 5) is 11.4. The molecule has 0 unspecified atom stereocenters. The summed E-state index contributed by atoms with van der Waals surface area (Å²) in [7, 11) is 0. The Morgan fingerprint density at radius 1 is 1.60 bits per heavy atom. The van der Waals surface area contributed by atoms with E-state index in [1.807, 2.05) is 6.07 Å². The Kier molecular flexibility index (Phi) is 3.47. The SMILES string of the molecule is C=CCOC(=O)c1cc(N)cc(C#N)c1. The van der Waals surface area contributed by atoms with Crippen LogP contribution in [0.1, 0.15) is 15.9 Å². The number of anilines is 1. The van der Waals surface area contributed by atoms with Crippen LogP contribution < -0.4 is 5.73 Å².